The molecule has 0 bridgehead atoms. The number of aliphatic carboxylic acids is 1. The number of carbonyl (C=O) groups excluding carboxylic acids is 9. The Hall–Kier alpha value is -8.78. The number of guanidine groups is 2. The summed E-state index contributed by atoms with van der Waals surface area (Å²) in [6, 6.07) is 5.38. The Morgan fingerprint density at radius 1 is 0.697 bits per heavy atom. The number of aromatic amines is 1. The van der Waals surface area contributed by atoms with E-state index in [4.69, 9.17) is 28.7 Å². The molecule has 7 atom stereocenters. The fourth-order valence-electron chi connectivity index (χ4n) is 8.19. The first-order valence-corrected chi connectivity index (χ1v) is 24.8. The molecule has 76 heavy (non-hydrogen) atoms. The lowest BCUT2D eigenvalue weighted by Crippen LogP contribution is -2.60. The van der Waals surface area contributed by atoms with Crippen molar-refractivity contribution >= 4 is 82.0 Å². The smallest absolute Gasteiger partial charge is 0.326 e. The van der Waals surface area contributed by atoms with Crippen molar-refractivity contribution in [2.45, 2.75) is 126 Å². The van der Waals surface area contributed by atoms with E-state index in [9.17, 15) is 53.1 Å². The number of aliphatic imine (C=N–C) groups is 2. The number of hydrogen-bond donors (Lipinski definition) is 15. The predicted octanol–water partition coefficient (Wildman–Crippen LogP) is -3.49. The molecular weight excluding hydrogens is 989 g/mol. The first-order valence-electron chi connectivity index (χ1n) is 24.8. The Labute approximate surface area is 437 Å². The van der Waals surface area contributed by atoms with E-state index in [1.54, 1.807) is 60.8 Å². The molecule has 1 fully saturated rings. The van der Waals surface area contributed by atoms with Gasteiger partial charge in [0, 0.05) is 69.3 Å². The third-order valence-electron chi connectivity index (χ3n) is 12.1. The molecule has 9 amide bonds. The first kappa shape index (κ1) is 59.8. The summed E-state index contributed by atoms with van der Waals surface area (Å²) >= 11 is 0. The molecule has 0 spiro atoms. The minimum atomic E-state index is -1.60. The van der Waals surface area contributed by atoms with Crippen LogP contribution in [0.2, 0.25) is 0 Å². The van der Waals surface area contributed by atoms with Crippen LogP contribution in [0.5, 0.6) is 0 Å². The summed E-state index contributed by atoms with van der Waals surface area (Å²) in [4.78, 5) is 147. The van der Waals surface area contributed by atoms with Gasteiger partial charge in [0.25, 0.3) is 0 Å². The number of primary amides is 1. The Kier molecular flexibility index (Phi) is 23.9. The lowest BCUT2D eigenvalue weighted by molar-refractivity contribution is -0.142. The van der Waals surface area contributed by atoms with Gasteiger partial charge in [-0.1, -0.05) is 48.5 Å². The summed E-state index contributed by atoms with van der Waals surface area (Å²) in [6.07, 6.45) is -0.265. The topological polar surface area (TPSA) is 458 Å². The number of fused-ring (bicyclic) bond motifs is 1. The van der Waals surface area contributed by atoms with E-state index in [1.807, 2.05) is 0 Å². The maximum absolute atomic E-state index is 14.6. The van der Waals surface area contributed by atoms with Crippen LogP contribution in [0.3, 0.4) is 0 Å². The predicted molar refractivity (Wildman–Crippen MR) is 279 cm³/mol. The van der Waals surface area contributed by atoms with E-state index in [1.165, 1.54) is 6.92 Å². The molecule has 20 N–H and O–H groups in total. The maximum atomic E-state index is 14.6. The summed E-state index contributed by atoms with van der Waals surface area (Å²) in [6.45, 7) is 1.18. The number of amides is 9. The van der Waals surface area contributed by atoms with Crippen LogP contribution < -0.4 is 71.2 Å². The van der Waals surface area contributed by atoms with Crippen molar-refractivity contribution in [3.8, 4) is 0 Å². The van der Waals surface area contributed by atoms with Gasteiger partial charge < -0.3 is 81.3 Å². The van der Waals surface area contributed by atoms with Gasteiger partial charge in [-0.3, -0.25) is 53.1 Å². The molecule has 412 valence electrons. The number of H-pyrrole nitrogens is 1. The minimum absolute atomic E-state index is 0.00680. The van der Waals surface area contributed by atoms with E-state index in [2.05, 4.69) is 57.5 Å². The number of carbonyl (C=O) groups is 10. The summed E-state index contributed by atoms with van der Waals surface area (Å²) in [5.74, 6) is -9.41. The molecule has 1 saturated heterocycles. The van der Waals surface area contributed by atoms with Crippen LogP contribution >= 0.6 is 0 Å². The van der Waals surface area contributed by atoms with Crippen molar-refractivity contribution in [3.05, 3.63) is 71.9 Å². The maximum Gasteiger partial charge on any atom is 0.326 e. The van der Waals surface area contributed by atoms with Crippen molar-refractivity contribution in [3.63, 3.8) is 0 Å². The van der Waals surface area contributed by atoms with Crippen LogP contribution in [0.1, 0.15) is 82.3 Å². The summed E-state index contributed by atoms with van der Waals surface area (Å²) in [5, 5.41) is 31.7. The fourth-order valence-corrected chi connectivity index (χ4v) is 8.19. The summed E-state index contributed by atoms with van der Waals surface area (Å²) in [5.41, 5.74) is 29.3. The number of nitrogens with two attached hydrogens (primary N) is 5. The summed E-state index contributed by atoms with van der Waals surface area (Å²) in [7, 11) is 0. The third kappa shape index (κ3) is 20.6. The van der Waals surface area contributed by atoms with Crippen LogP contribution in [0.25, 0.3) is 10.9 Å². The van der Waals surface area contributed by atoms with Crippen molar-refractivity contribution in [2.75, 3.05) is 19.6 Å². The number of nitrogens with zero attached hydrogens (tertiary/aromatic N) is 2. The second kappa shape index (κ2) is 30.4. The lowest BCUT2D eigenvalue weighted by atomic mass is 10.0. The molecule has 2 aromatic carbocycles. The van der Waals surface area contributed by atoms with Crippen LogP contribution in [-0.4, -0.2) is 143 Å². The number of benzene rings is 2. The highest BCUT2D eigenvalue weighted by Gasteiger charge is 2.35. The SMILES string of the molecule is CC(=O)NC(CCCN=C(N)N)C(=O)NC1CCC(=O)NCCC[C@@H](C(=O)O)NC(=O)[C@H](Cc2c[nH]c3ccccc23)NC(=O)[C@H](CCCN=C(N)N)NC(=O)[C@@H](Cc2ccccc2)NC(=O)[C@H](CCC(N)=O)NC1=O. The van der Waals surface area contributed by atoms with Gasteiger partial charge in [0.2, 0.25) is 53.2 Å². The van der Waals surface area contributed by atoms with E-state index in [0.29, 0.717) is 11.1 Å². The zero-order valence-corrected chi connectivity index (χ0v) is 42.2. The fraction of sp³-hybridized carbons (Fsp3) is 0.469. The Morgan fingerprint density at radius 3 is 1.92 bits per heavy atom. The number of aromatic nitrogens is 1. The van der Waals surface area contributed by atoms with Crippen LogP contribution in [-0.2, 0) is 60.8 Å². The average Bonchev–Trinajstić information content (AvgIpc) is 3.78. The Morgan fingerprint density at radius 2 is 1.28 bits per heavy atom. The quantitative estimate of drug-likeness (QED) is 0.0315. The number of nitrogens with one attached hydrogen (secondary N) is 9. The average molecular weight is 1060 g/mol. The van der Waals surface area contributed by atoms with Crippen molar-refractivity contribution in [1.82, 2.24) is 47.5 Å². The zero-order chi connectivity index (χ0) is 55.7. The molecule has 0 radical (unpaired) electrons. The highest BCUT2D eigenvalue weighted by molar-refractivity contribution is 5.98. The Bertz CT molecular complexity index is 2580. The molecule has 0 aliphatic carbocycles. The number of para-hydroxylation sites is 1. The van der Waals surface area contributed by atoms with Crippen LogP contribution in [0, 0.1) is 0 Å². The first-order chi connectivity index (χ1) is 36.2. The summed E-state index contributed by atoms with van der Waals surface area (Å²) < 4.78 is 0. The van der Waals surface area contributed by atoms with Gasteiger partial charge in [0.1, 0.15) is 42.3 Å². The van der Waals surface area contributed by atoms with Gasteiger partial charge in [0.15, 0.2) is 11.9 Å². The van der Waals surface area contributed by atoms with Gasteiger partial charge in [-0.25, -0.2) is 4.79 Å². The minimum Gasteiger partial charge on any atom is -0.480 e. The molecule has 1 aromatic heterocycles. The van der Waals surface area contributed by atoms with Crippen LogP contribution in [0.15, 0.2) is 70.8 Å². The standard InChI is InChI=1S/C49H70N16O11/c1-27(66)59-32(14-7-22-56-48(51)52)41(69)62-35-18-20-40(68)55-21-9-16-36(47(75)76)63-46(74)38(25-29-26-58-31-13-6-5-12-30(29)31)65-42(70)33(15-8-23-57-49(53)54)60-45(73)37(24-28-10-3-2-4-11-28)64-44(72)34(61-43(35)71)17-19-39(50)67/h2-6,10-13,26,32-38,58H,7-9,14-25H2,1H3,(H2,50,67)(H,55,68)(H,59,66)(H,60,73)(H,61,71)(H,62,69)(H,63,74)(H,64,72)(H,65,70)(H,75,76)(H4,51,52,56)(H4,53,54,57)/t32?,33-,34-,35?,36-,37+,38-/m0/s1. The Balaban J connectivity index is 1.78. The molecule has 1 aliphatic rings. The zero-order valence-electron chi connectivity index (χ0n) is 42.2. The largest absolute Gasteiger partial charge is 0.480 e. The third-order valence-corrected chi connectivity index (χ3v) is 12.1. The van der Waals surface area contributed by atoms with Crippen molar-refractivity contribution < 1.29 is 53.1 Å². The van der Waals surface area contributed by atoms with Gasteiger partial charge in [-0.15, -0.1) is 0 Å². The van der Waals surface area contributed by atoms with Gasteiger partial charge in [0.05, 0.1) is 0 Å². The number of carboxylic acid groups (broad SMARTS) is 1. The van der Waals surface area contributed by atoms with Gasteiger partial charge in [-0.05, 0) is 68.6 Å². The molecule has 27 nitrogen and oxygen atoms in total. The van der Waals surface area contributed by atoms with E-state index in [0.717, 1.165) is 10.9 Å². The monoisotopic (exact) mass is 1060 g/mol. The lowest BCUT2D eigenvalue weighted by Gasteiger charge is -2.28. The molecular formula is C49H70N16O11. The van der Waals surface area contributed by atoms with Crippen molar-refractivity contribution in [2.24, 2.45) is 38.7 Å². The molecule has 0 saturated carbocycles. The molecule has 2 heterocycles. The van der Waals surface area contributed by atoms with Gasteiger partial charge in [-0.2, -0.15) is 0 Å². The highest BCUT2D eigenvalue weighted by Crippen LogP contribution is 2.20. The molecule has 4 rings (SSSR count). The van der Waals surface area contributed by atoms with Gasteiger partial charge >= 0.3 is 5.97 Å². The molecule has 1 aliphatic heterocycles. The van der Waals surface area contributed by atoms with Crippen molar-refractivity contribution in [1.29, 1.82) is 0 Å². The second-order valence-corrected chi connectivity index (χ2v) is 18.1. The van der Waals surface area contributed by atoms with E-state index >= 15 is 0 Å². The number of hydrogen-bond acceptors (Lipinski definition) is 12. The molecule has 27 heteroatoms. The number of carboxylic acids is 1. The van der Waals surface area contributed by atoms with Crippen LogP contribution in [0.4, 0.5) is 0 Å². The van der Waals surface area contributed by atoms with E-state index < -0.39 is 121 Å². The second-order valence-electron chi connectivity index (χ2n) is 18.1. The normalized spacial score (nSPS) is 20.9. The highest BCUT2D eigenvalue weighted by atomic mass is 16.4. The molecule has 2 unspecified atom stereocenters. The molecule has 3 aromatic rings. The van der Waals surface area contributed by atoms with E-state index in [-0.39, 0.29) is 89.3 Å². The number of rotatable bonds is 19.